The summed E-state index contributed by atoms with van der Waals surface area (Å²) < 4.78 is 47.3. The van der Waals surface area contributed by atoms with Crippen molar-refractivity contribution in [3.63, 3.8) is 0 Å². The maximum absolute atomic E-state index is 15.6. The average molecular weight is 1210 g/mol. The second kappa shape index (κ2) is 25.7. The van der Waals surface area contributed by atoms with Crippen molar-refractivity contribution in [2.24, 2.45) is 50.7 Å². The van der Waals surface area contributed by atoms with Gasteiger partial charge in [-0.25, -0.2) is 0 Å². The van der Waals surface area contributed by atoms with Gasteiger partial charge >= 0.3 is 5.97 Å². The van der Waals surface area contributed by atoms with Gasteiger partial charge in [-0.1, -0.05) is 77.4 Å². The number of aliphatic hydroxyl groups is 12. The van der Waals surface area contributed by atoms with Crippen LogP contribution < -0.4 is 5.32 Å². The third kappa shape index (κ3) is 11.1. The third-order valence-corrected chi connectivity index (χ3v) is 23.1. The summed E-state index contributed by atoms with van der Waals surface area (Å²) >= 11 is 0. The minimum Gasteiger partial charge on any atom is -0.432 e. The number of fused-ring (bicyclic) bond motifs is 5. The summed E-state index contributed by atoms with van der Waals surface area (Å²) in [6.07, 6.45) is -14.7. The van der Waals surface area contributed by atoms with Crippen molar-refractivity contribution in [1.82, 2.24) is 5.32 Å². The molecule has 1 amide bonds. The molecule has 85 heavy (non-hydrogen) atoms. The van der Waals surface area contributed by atoms with Gasteiger partial charge in [0.2, 0.25) is 12.2 Å². The van der Waals surface area contributed by atoms with Gasteiger partial charge in [-0.2, -0.15) is 0 Å². The highest BCUT2D eigenvalue weighted by atomic mass is 16.8. The Morgan fingerprint density at radius 1 is 0.659 bits per heavy atom. The molecule has 24 nitrogen and oxygen atoms in total. The first-order valence-corrected chi connectivity index (χ1v) is 31.6. The summed E-state index contributed by atoms with van der Waals surface area (Å²) in [5, 5.41) is 133. The van der Waals surface area contributed by atoms with Gasteiger partial charge in [0.05, 0.1) is 49.6 Å². The van der Waals surface area contributed by atoms with Crippen molar-refractivity contribution < 1.29 is 114 Å². The van der Waals surface area contributed by atoms with Gasteiger partial charge in [0.25, 0.3) is 0 Å². The molecule has 0 aromatic carbocycles. The predicted molar refractivity (Wildman–Crippen MR) is 294 cm³/mol. The standard InChI is InChI=1S/C61H97NO23/c1-29-15-19-60(31(22-29)41-32-23-37-57(3)18-17-38(67)58(4,28-65)36(57)16-20-61(32,37)59(41,5)24-39(60)68)56(77)85-55-51(84-54-49(76)46(73)50(30(2)80-54)83-53-47(74)43(70)33(66)27-79-53)45(72)42(34(25-63)81-55)62-40(69)14-12-10-8-6-7-9-11-13-21-78-52-48(75)44(71)35(26-64)82-52/h28-31,33-39,42-55,63-64,66-68,70-76H,6-27H2,1-5H3,(H,62,69)/t29-,30-,31?,33-,34-,35+,36-,37?,38?,39-,42?,43?,44?,45?,46?,47?,48?,49?,50?,51?,52-,53+,54+,55+,57?,58?,59-,60?,61-/m1/s1. The molecule has 484 valence electrons. The lowest BCUT2D eigenvalue weighted by Gasteiger charge is -2.81. The fraction of sp³-hybridized carbons (Fsp3) is 0.918. The molecule has 29 atom stereocenters. The number of carbonyl (C=O) groups is 3. The molecule has 0 radical (unpaired) electrons. The smallest absolute Gasteiger partial charge is 0.317 e. The number of ether oxygens (including phenoxy) is 8. The molecule has 4 aliphatic heterocycles. The number of hydrogen-bond donors (Lipinski definition) is 13. The van der Waals surface area contributed by atoms with Crippen LogP contribution in [0.1, 0.15) is 150 Å². The van der Waals surface area contributed by atoms with E-state index in [4.69, 9.17) is 37.9 Å². The lowest BCUT2D eigenvalue weighted by atomic mass is 9.22. The molecule has 13 N–H and O–H groups in total. The highest BCUT2D eigenvalue weighted by Crippen LogP contribution is 2.87. The van der Waals surface area contributed by atoms with E-state index >= 15 is 4.79 Å². The lowest BCUT2D eigenvalue weighted by Crippen LogP contribution is -2.76. The summed E-state index contributed by atoms with van der Waals surface area (Å²) in [6.45, 7) is 8.74. The summed E-state index contributed by atoms with van der Waals surface area (Å²) in [4.78, 5) is 42.0. The van der Waals surface area contributed by atoms with E-state index in [2.05, 4.69) is 26.1 Å². The monoisotopic (exact) mass is 1210 g/mol. The maximum Gasteiger partial charge on any atom is 0.317 e. The SMILES string of the molecule is C[C@@H]1CCC2(C(=O)O[C@@H]3O[C@H](CO)C(NC(=O)CCCCCCCCCCO[C@@H]4O[C@@H](CO)C(O)C4O)C(O)C3O[C@@H]3O[C@H](C)C(O[C@@H]4OC[C@@H](O)C(O)C4O)C(O)C3O)C(C1)C1=C3CC4C5(C)CCC(O)C(C)(C=O)[C@@H]5CC[C@@]34[C@]1(C)C[C@H]2O. The Morgan fingerprint density at radius 3 is 1.99 bits per heavy atom. The van der Waals surface area contributed by atoms with Crippen LogP contribution in [0.2, 0.25) is 0 Å². The fourth-order valence-corrected chi connectivity index (χ4v) is 18.2. The van der Waals surface area contributed by atoms with E-state index in [1.807, 2.05) is 6.92 Å². The Morgan fingerprint density at radius 2 is 1.31 bits per heavy atom. The normalized spacial score (nSPS) is 50.1. The number of amides is 1. The van der Waals surface area contributed by atoms with Crippen molar-refractivity contribution in [1.29, 1.82) is 0 Å². The molecule has 0 aromatic heterocycles. The topological polar surface area (TPSA) is 380 Å². The van der Waals surface area contributed by atoms with Gasteiger partial charge < -0.3 is 109 Å². The largest absolute Gasteiger partial charge is 0.432 e. The minimum atomic E-state index is -1.95. The lowest BCUT2D eigenvalue weighted by molar-refractivity contribution is -0.370. The number of allylic oxidation sites excluding steroid dienone is 2. The summed E-state index contributed by atoms with van der Waals surface area (Å²) in [5.74, 6) is -1.32. The second-order valence-electron chi connectivity index (χ2n) is 27.8. The van der Waals surface area contributed by atoms with E-state index in [1.54, 1.807) is 0 Å². The molecule has 16 unspecified atom stereocenters. The first kappa shape index (κ1) is 65.5. The molecule has 0 bridgehead atoms. The van der Waals surface area contributed by atoms with E-state index < -0.39 is 177 Å². The minimum absolute atomic E-state index is 0.00818. The van der Waals surface area contributed by atoms with Crippen LogP contribution in [0.25, 0.3) is 0 Å². The van der Waals surface area contributed by atoms with Crippen LogP contribution in [0.4, 0.5) is 0 Å². The predicted octanol–water partition coefficient (Wildman–Crippen LogP) is 0.0212. The van der Waals surface area contributed by atoms with Gasteiger partial charge in [0, 0.05) is 23.9 Å². The molecule has 4 heterocycles. The molecule has 10 rings (SSSR count). The molecule has 0 aromatic rings. The summed E-state index contributed by atoms with van der Waals surface area (Å²) in [5.41, 5.74) is -0.788. The van der Waals surface area contributed by atoms with E-state index in [1.165, 1.54) is 18.1 Å². The number of esters is 1. The van der Waals surface area contributed by atoms with E-state index in [9.17, 15) is 70.9 Å². The van der Waals surface area contributed by atoms with E-state index in [0.717, 1.165) is 64.1 Å². The average Bonchev–Trinajstić information content (AvgIpc) is 0.816. The van der Waals surface area contributed by atoms with Crippen molar-refractivity contribution >= 4 is 18.2 Å². The molecule has 5 saturated carbocycles. The zero-order valence-electron chi connectivity index (χ0n) is 49.8. The van der Waals surface area contributed by atoms with Crippen LogP contribution >= 0.6 is 0 Å². The zero-order chi connectivity index (χ0) is 61.3. The van der Waals surface area contributed by atoms with E-state index in [-0.39, 0.29) is 47.8 Å². The zero-order valence-corrected chi connectivity index (χ0v) is 49.8. The van der Waals surface area contributed by atoms with Crippen LogP contribution in [0, 0.1) is 50.7 Å². The van der Waals surface area contributed by atoms with Gasteiger partial charge in [-0.3, -0.25) is 9.59 Å². The van der Waals surface area contributed by atoms with E-state index in [0.29, 0.717) is 45.1 Å². The van der Waals surface area contributed by atoms with Gasteiger partial charge in [-0.05, 0) is 107 Å². The highest BCUT2D eigenvalue weighted by molar-refractivity contribution is 5.81. The van der Waals surface area contributed by atoms with Gasteiger partial charge in [0.1, 0.15) is 78.8 Å². The molecule has 9 fully saturated rings. The van der Waals surface area contributed by atoms with Gasteiger partial charge in [0.15, 0.2) is 25.0 Å². The van der Waals surface area contributed by atoms with Crippen molar-refractivity contribution in [2.45, 2.75) is 273 Å². The van der Waals surface area contributed by atoms with Crippen molar-refractivity contribution in [3.05, 3.63) is 11.1 Å². The first-order valence-electron chi connectivity index (χ1n) is 31.6. The quantitative estimate of drug-likeness (QED) is 0.0294. The first-order chi connectivity index (χ1) is 40.4. The fourth-order valence-electron chi connectivity index (χ4n) is 18.2. The van der Waals surface area contributed by atoms with Crippen molar-refractivity contribution in [3.8, 4) is 0 Å². The Bertz CT molecular complexity index is 2390. The second-order valence-corrected chi connectivity index (χ2v) is 27.8. The Balaban J connectivity index is 0.821. The number of aldehydes is 1. The molecule has 1 spiro atoms. The molecule has 6 aliphatic carbocycles. The molecule has 24 heteroatoms. The summed E-state index contributed by atoms with van der Waals surface area (Å²) in [7, 11) is 0. The van der Waals surface area contributed by atoms with Crippen LogP contribution in [0.15, 0.2) is 11.1 Å². The Labute approximate surface area is 496 Å². The highest BCUT2D eigenvalue weighted by Gasteiger charge is 2.81. The Kier molecular flexibility index (Phi) is 19.8. The number of aliphatic hydroxyl groups excluding tert-OH is 12. The number of carbonyl (C=O) groups excluding carboxylic acids is 3. The number of nitrogens with one attached hydrogen (secondary N) is 1. The molecule has 10 aliphatic rings. The molecule has 4 saturated heterocycles. The molecular weight excluding hydrogens is 1110 g/mol. The Hall–Kier alpha value is -2.41. The number of unbranched alkanes of at least 4 members (excludes halogenated alkanes) is 7. The van der Waals surface area contributed by atoms with Crippen LogP contribution in [-0.2, 0) is 52.3 Å². The van der Waals surface area contributed by atoms with Crippen LogP contribution in [-0.4, -0.2) is 229 Å². The van der Waals surface area contributed by atoms with Crippen LogP contribution in [0.5, 0.6) is 0 Å². The number of rotatable bonds is 22. The molecular formula is C61H97NO23. The number of hydrogen-bond acceptors (Lipinski definition) is 23. The third-order valence-electron chi connectivity index (χ3n) is 23.1. The maximum atomic E-state index is 15.6. The van der Waals surface area contributed by atoms with Crippen molar-refractivity contribution in [2.75, 3.05) is 26.4 Å². The van der Waals surface area contributed by atoms with Crippen LogP contribution in [0.3, 0.4) is 0 Å². The summed E-state index contributed by atoms with van der Waals surface area (Å²) in [6, 6.07) is -1.36. The van der Waals surface area contributed by atoms with Gasteiger partial charge in [-0.15, -0.1) is 0 Å².